The molecular weight excluding hydrogens is 240 g/mol. The van der Waals surface area contributed by atoms with Crippen molar-refractivity contribution in [1.82, 2.24) is 4.72 Å². The molecule has 0 aromatic rings. The number of esters is 1. The first-order valence-corrected chi connectivity index (χ1v) is 6.26. The Morgan fingerprint density at radius 3 is 2.60 bits per heavy atom. The van der Waals surface area contributed by atoms with Gasteiger partial charge in [0.05, 0.1) is 12.1 Å². The van der Waals surface area contributed by atoms with E-state index in [0.29, 0.717) is 17.8 Å². The maximum absolute atomic E-state index is 11.2. The number of nitrogens with two attached hydrogens (primary N) is 1. The van der Waals surface area contributed by atoms with Crippen LogP contribution in [0.25, 0.3) is 0 Å². The molecule has 15 heavy (non-hydrogen) atoms. The Bertz CT molecular complexity index is 326. The van der Waals surface area contributed by atoms with Crippen molar-refractivity contribution in [2.45, 2.75) is 12.8 Å². The van der Waals surface area contributed by atoms with E-state index in [1.807, 2.05) is 0 Å². The number of carbonyl (C=O) groups is 1. The fourth-order valence-electron chi connectivity index (χ4n) is 0.755. The standard InChI is InChI=1S/C7H14N2O4S2/c1-13-7(10)5-15(11,12)9-4-2-3-6(8)14/h9H,2-5H2,1H3,(H2,8,14). The van der Waals surface area contributed by atoms with Gasteiger partial charge in [-0.2, -0.15) is 0 Å². The van der Waals surface area contributed by atoms with Crippen LogP contribution in [0.5, 0.6) is 0 Å². The molecule has 0 spiro atoms. The summed E-state index contributed by atoms with van der Waals surface area (Å²) >= 11 is 4.62. The minimum absolute atomic E-state index is 0.205. The van der Waals surface area contributed by atoms with Crippen LogP contribution in [0.15, 0.2) is 0 Å². The summed E-state index contributed by atoms with van der Waals surface area (Å²) in [5, 5.41) is 0. The van der Waals surface area contributed by atoms with Gasteiger partial charge in [0.25, 0.3) is 0 Å². The summed E-state index contributed by atoms with van der Waals surface area (Å²) in [7, 11) is -2.47. The highest BCUT2D eigenvalue weighted by Crippen LogP contribution is 1.91. The molecule has 0 saturated heterocycles. The number of thiocarbonyl (C=S) groups is 1. The zero-order valence-electron chi connectivity index (χ0n) is 8.36. The number of methoxy groups -OCH3 is 1. The molecule has 3 N–H and O–H groups in total. The number of hydrogen-bond donors (Lipinski definition) is 2. The van der Waals surface area contributed by atoms with Crippen molar-refractivity contribution in [3.63, 3.8) is 0 Å². The average Bonchev–Trinajstić information content (AvgIpc) is 2.11. The van der Waals surface area contributed by atoms with Crippen molar-refractivity contribution in [1.29, 1.82) is 0 Å². The van der Waals surface area contributed by atoms with E-state index >= 15 is 0 Å². The van der Waals surface area contributed by atoms with Crippen LogP contribution in [0.3, 0.4) is 0 Å². The third-order valence-electron chi connectivity index (χ3n) is 1.46. The normalized spacial score (nSPS) is 11.0. The van der Waals surface area contributed by atoms with Crippen molar-refractivity contribution in [3.05, 3.63) is 0 Å². The second-order valence-electron chi connectivity index (χ2n) is 2.80. The Morgan fingerprint density at radius 1 is 1.53 bits per heavy atom. The maximum atomic E-state index is 11.2. The van der Waals surface area contributed by atoms with Crippen LogP contribution in [0, 0.1) is 0 Å². The molecule has 0 aliphatic rings. The molecule has 0 unspecified atom stereocenters. The number of carbonyl (C=O) groups excluding carboxylic acids is 1. The summed E-state index contributed by atoms with van der Waals surface area (Å²) in [6.07, 6.45) is 0.978. The minimum atomic E-state index is -3.60. The summed E-state index contributed by atoms with van der Waals surface area (Å²) in [5.41, 5.74) is 5.22. The van der Waals surface area contributed by atoms with Gasteiger partial charge in [-0.25, -0.2) is 13.1 Å². The third-order valence-corrected chi connectivity index (χ3v) is 2.92. The molecule has 0 saturated carbocycles. The van der Waals surface area contributed by atoms with Crippen molar-refractivity contribution >= 4 is 33.2 Å². The van der Waals surface area contributed by atoms with Crippen LogP contribution in [-0.4, -0.2) is 38.8 Å². The summed E-state index contributed by atoms with van der Waals surface area (Å²) in [4.78, 5) is 11.0. The molecule has 0 fully saturated rings. The van der Waals surface area contributed by atoms with Crippen molar-refractivity contribution in [2.24, 2.45) is 5.73 Å². The zero-order valence-corrected chi connectivity index (χ0v) is 9.99. The first-order chi connectivity index (χ1) is 6.87. The van der Waals surface area contributed by atoms with Gasteiger partial charge in [-0.05, 0) is 12.8 Å². The van der Waals surface area contributed by atoms with Crippen LogP contribution in [0.4, 0.5) is 0 Å². The maximum Gasteiger partial charge on any atom is 0.322 e. The topological polar surface area (TPSA) is 98.5 Å². The van der Waals surface area contributed by atoms with Crippen molar-refractivity contribution < 1.29 is 17.9 Å². The Balaban J connectivity index is 3.85. The Morgan fingerprint density at radius 2 is 2.13 bits per heavy atom. The van der Waals surface area contributed by atoms with E-state index in [4.69, 9.17) is 5.73 Å². The number of ether oxygens (including phenoxy) is 1. The molecule has 6 nitrogen and oxygen atoms in total. The lowest BCUT2D eigenvalue weighted by Crippen LogP contribution is -2.31. The van der Waals surface area contributed by atoms with E-state index in [1.54, 1.807) is 0 Å². The van der Waals surface area contributed by atoms with E-state index in [0.717, 1.165) is 7.11 Å². The molecule has 0 aromatic carbocycles. The van der Waals surface area contributed by atoms with E-state index in [-0.39, 0.29) is 6.54 Å². The first kappa shape index (κ1) is 14.3. The fraction of sp³-hybridized carbons (Fsp3) is 0.714. The molecule has 0 aromatic heterocycles. The predicted molar refractivity (Wildman–Crippen MR) is 59.8 cm³/mol. The molecule has 0 heterocycles. The number of sulfonamides is 1. The second kappa shape index (κ2) is 6.70. The smallest absolute Gasteiger partial charge is 0.322 e. The average molecular weight is 254 g/mol. The molecule has 0 amide bonds. The highest BCUT2D eigenvalue weighted by Gasteiger charge is 2.15. The van der Waals surface area contributed by atoms with Gasteiger partial charge in [0.15, 0.2) is 5.75 Å². The lowest BCUT2D eigenvalue weighted by atomic mass is 10.3. The van der Waals surface area contributed by atoms with Gasteiger partial charge in [-0.1, -0.05) is 12.2 Å². The summed E-state index contributed by atoms with van der Waals surface area (Å²) < 4.78 is 28.8. The van der Waals surface area contributed by atoms with E-state index < -0.39 is 21.7 Å². The lowest BCUT2D eigenvalue weighted by Gasteiger charge is -2.04. The Kier molecular flexibility index (Phi) is 6.37. The molecule has 0 rings (SSSR count). The quantitative estimate of drug-likeness (QED) is 0.349. The zero-order chi connectivity index (χ0) is 11.9. The van der Waals surface area contributed by atoms with Gasteiger partial charge in [-0.15, -0.1) is 0 Å². The van der Waals surface area contributed by atoms with Gasteiger partial charge in [0, 0.05) is 6.54 Å². The minimum Gasteiger partial charge on any atom is -0.468 e. The van der Waals surface area contributed by atoms with Gasteiger partial charge < -0.3 is 10.5 Å². The largest absolute Gasteiger partial charge is 0.468 e. The SMILES string of the molecule is COC(=O)CS(=O)(=O)NCCCC(N)=S. The molecular formula is C7H14N2O4S2. The summed E-state index contributed by atoms with van der Waals surface area (Å²) in [5.74, 6) is -1.46. The monoisotopic (exact) mass is 254 g/mol. The number of nitrogens with one attached hydrogen (secondary N) is 1. The predicted octanol–water partition coefficient (Wildman–Crippen LogP) is -0.855. The second-order valence-corrected chi connectivity index (χ2v) is 5.13. The Labute approximate surface area is 94.2 Å². The molecule has 0 aliphatic heterocycles. The highest BCUT2D eigenvalue weighted by molar-refractivity contribution is 7.90. The van der Waals surface area contributed by atoms with Gasteiger partial charge in [0.1, 0.15) is 0 Å². The molecule has 8 heteroatoms. The van der Waals surface area contributed by atoms with Gasteiger partial charge >= 0.3 is 5.97 Å². The van der Waals surface area contributed by atoms with Crippen LogP contribution in [0.1, 0.15) is 12.8 Å². The van der Waals surface area contributed by atoms with Crippen molar-refractivity contribution in [3.8, 4) is 0 Å². The molecule has 0 radical (unpaired) electrons. The number of rotatable bonds is 7. The first-order valence-electron chi connectivity index (χ1n) is 4.20. The Hall–Kier alpha value is -0.730. The van der Waals surface area contributed by atoms with E-state index in [2.05, 4.69) is 21.7 Å². The van der Waals surface area contributed by atoms with E-state index in [1.165, 1.54) is 0 Å². The molecule has 0 aliphatic carbocycles. The molecule has 0 atom stereocenters. The van der Waals surface area contributed by atoms with Gasteiger partial charge in [-0.3, -0.25) is 4.79 Å². The van der Waals surface area contributed by atoms with Crippen LogP contribution in [0.2, 0.25) is 0 Å². The summed E-state index contributed by atoms with van der Waals surface area (Å²) in [6.45, 7) is 0.205. The molecule has 0 bridgehead atoms. The third kappa shape index (κ3) is 8.28. The van der Waals surface area contributed by atoms with Gasteiger partial charge in [0.2, 0.25) is 10.0 Å². The van der Waals surface area contributed by atoms with Crippen LogP contribution >= 0.6 is 12.2 Å². The van der Waals surface area contributed by atoms with Crippen molar-refractivity contribution in [2.75, 3.05) is 19.4 Å². The number of hydrogen-bond acceptors (Lipinski definition) is 5. The van der Waals surface area contributed by atoms with Crippen LogP contribution < -0.4 is 10.5 Å². The fourth-order valence-corrected chi connectivity index (χ4v) is 1.89. The van der Waals surface area contributed by atoms with Crippen LogP contribution in [-0.2, 0) is 19.6 Å². The lowest BCUT2D eigenvalue weighted by molar-refractivity contribution is -0.137. The highest BCUT2D eigenvalue weighted by atomic mass is 32.2. The summed E-state index contributed by atoms with van der Waals surface area (Å²) in [6, 6.07) is 0. The molecule has 88 valence electrons. The van der Waals surface area contributed by atoms with E-state index in [9.17, 15) is 13.2 Å².